The highest BCUT2D eigenvalue weighted by Crippen LogP contribution is 2.29. The Hall–Kier alpha value is -1.28. The van der Waals surface area contributed by atoms with Crippen molar-refractivity contribution in [3.63, 3.8) is 0 Å². The van der Waals surface area contributed by atoms with Gasteiger partial charge in [0.2, 0.25) is 0 Å². The molecule has 0 radical (unpaired) electrons. The van der Waals surface area contributed by atoms with Crippen LogP contribution in [0.2, 0.25) is 0 Å². The predicted molar refractivity (Wildman–Crippen MR) is 67.7 cm³/mol. The number of hydrogen-bond donors (Lipinski definition) is 1. The number of aliphatic hydroxyl groups excluding tert-OH is 1. The van der Waals surface area contributed by atoms with Crippen molar-refractivity contribution in [2.45, 2.75) is 39.8 Å². The zero-order valence-electron chi connectivity index (χ0n) is 10.4. The number of hydrogen-bond acceptors (Lipinski definition) is 1. The molecule has 1 heterocycles. The molecule has 2 aromatic rings. The largest absolute Gasteiger partial charge is 0.389 e. The van der Waals surface area contributed by atoms with E-state index in [-0.39, 0.29) is 0 Å². The van der Waals surface area contributed by atoms with Crippen molar-refractivity contribution >= 4 is 10.9 Å². The number of fused-ring (bicyclic) bond motifs is 1. The lowest BCUT2D eigenvalue weighted by Gasteiger charge is -2.09. The maximum Gasteiger partial charge on any atom is 0.0782 e. The summed E-state index contributed by atoms with van der Waals surface area (Å²) in [4.78, 5) is 0. The van der Waals surface area contributed by atoms with Crippen LogP contribution >= 0.6 is 0 Å². The van der Waals surface area contributed by atoms with Crippen molar-refractivity contribution < 1.29 is 5.11 Å². The van der Waals surface area contributed by atoms with E-state index in [0.717, 1.165) is 10.9 Å². The summed E-state index contributed by atoms with van der Waals surface area (Å²) in [5.41, 5.74) is 3.49. The summed E-state index contributed by atoms with van der Waals surface area (Å²) in [7, 11) is 0. The van der Waals surface area contributed by atoms with E-state index in [0.29, 0.717) is 6.04 Å². The molecule has 0 aliphatic rings. The van der Waals surface area contributed by atoms with E-state index in [1.807, 2.05) is 6.92 Å². The Morgan fingerprint density at radius 1 is 1.19 bits per heavy atom. The minimum Gasteiger partial charge on any atom is -0.389 e. The Labute approximate surface area is 96.5 Å². The van der Waals surface area contributed by atoms with Gasteiger partial charge in [-0.2, -0.15) is 0 Å². The van der Waals surface area contributed by atoms with Gasteiger partial charge in [0.1, 0.15) is 0 Å². The summed E-state index contributed by atoms with van der Waals surface area (Å²) in [5, 5.41) is 10.9. The van der Waals surface area contributed by atoms with Gasteiger partial charge in [0.15, 0.2) is 0 Å². The number of nitrogens with zero attached hydrogens (tertiary/aromatic N) is 1. The van der Waals surface area contributed by atoms with Crippen LogP contribution in [0.4, 0.5) is 0 Å². The van der Waals surface area contributed by atoms with Gasteiger partial charge in [0.05, 0.1) is 6.10 Å². The molecule has 2 heteroatoms. The second kappa shape index (κ2) is 3.95. The highest BCUT2D eigenvalue weighted by Gasteiger charge is 2.13. The van der Waals surface area contributed by atoms with Gasteiger partial charge in [-0.05, 0) is 39.3 Å². The summed E-state index contributed by atoms with van der Waals surface area (Å²) in [6.07, 6.45) is 1.66. The van der Waals surface area contributed by atoms with Crippen LogP contribution in [-0.4, -0.2) is 9.67 Å². The number of benzene rings is 1. The molecule has 16 heavy (non-hydrogen) atoms. The van der Waals surface area contributed by atoms with Crippen LogP contribution in [0, 0.1) is 6.92 Å². The molecule has 0 amide bonds. The minimum absolute atomic E-state index is 0.412. The van der Waals surface area contributed by atoms with E-state index in [1.54, 1.807) is 0 Å². The second-order valence-corrected chi connectivity index (χ2v) is 4.78. The Morgan fingerprint density at radius 3 is 2.44 bits per heavy atom. The maximum absolute atomic E-state index is 9.77. The van der Waals surface area contributed by atoms with E-state index >= 15 is 0 Å². The third kappa shape index (κ3) is 1.74. The molecule has 86 valence electrons. The smallest absolute Gasteiger partial charge is 0.0782 e. The standard InChI is InChI=1S/C14H19NO/c1-9(2)15-8-13(11(4)16)12-6-5-10(3)7-14(12)15/h5-9,11,16H,1-4H3. The maximum atomic E-state index is 9.77. The first-order valence-corrected chi connectivity index (χ1v) is 5.80. The Kier molecular flexibility index (Phi) is 2.76. The van der Waals surface area contributed by atoms with E-state index in [4.69, 9.17) is 0 Å². The first-order valence-electron chi connectivity index (χ1n) is 5.80. The monoisotopic (exact) mass is 217 g/mol. The third-order valence-corrected chi connectivity index (χ3v) is 3.03. The van der Waals surface area contributed by atoms with Crippen molar-refractivity contribution in [2.75, 3.05) is 0 Å². The first-order chi connectivity index (χ1) is 7.50. The summed E-state index contributed by atoms with van der Waals surface area (Å²) >= 11 is 0. The summed E-state index contributed by atoms with van der Waals surface area (Å²) in [6, 6.07) is 6.79. The van der Waals surface area contributed by atoms with Crippen molar-refractivity contribution in [2.24, 2.45) is 0 Å². The van der Waals surface area contributed by atoms with Crippen molar-refractivity contribution in [3.05, 3.63) is 35.5 Å². The fraction of sp³-hybridized carbons (Fsp3) is 0.429. The van der Waals surface area contributed by atoms with Crippen LogP contribution < -0.4 is 0 Å². The average Bonchev–Trinajstić information content (AvgIpc) is 2.56. The summed E-state index contributed by atoms with van der Waals surface area (Å²) < 4.78 is 2.23. The van der Waals surface area contributed by atoms with E-state index in [1.165, 1.54) is 11.1 Å². The topological polar surface area (TPSA) is 25.2 Å². The molecule has 1 aromatic carbocycles. The summed E-state index contributed by atoms with van der Waals surface area (Å²) in [6.45, 7) is 8.24. The number of rotatable bonds is 2. The average molecular weight is 217 g/mol. The van der Waals surface area contributed by atoms with Gasteiger partial charge in [-0.1, -0.05) is 12.1 Å². The molecular formula is C14H19NO. The molecule has 0 fully saturated rings. The zero-order chi connectivity index (χ0) is 11.9. The molecule has 0 aliphatic heterocycles. The number of aliphatic hydroxyl groups is 1. The molecule has 0 saturated heterocycles. The molecule has 1 aromatic heterocycles. The van der Waals surface area contributed by atoms with Gasteiger partial charge in [0, 0.05) is 28.7 Å². The molecule has 0 aliphatic carbocycles. The van der Waals surface area contributed by atoms with Crippen molar-refractivity contribution in [3.8, 4) is 0 Å². The molecule has 0 saturated carbocycles. The molecule has 0 spiro atoms. The van der Waals surface area contributed by atoms with Crippen LogP contribution in [-0.2, 0) is 0 Å². The SMILES string of the molecule is Cc1ccc2c(C(C)O)cn(C(C)C)c2c1. The van der Waals surface area contributed by atoms with Gasteiger partial charge in [0.25, 0.3) is 0 Å². The van der Waals surface area contributed by atoms with E-state index in [2.05, 4.69) is 49.7 Å². The first kappa shape index (κ1) is 11.2. The Balaban J connectivity index is 2.76. The van der Waals surface area contributed by atoms with Crippen LogP contribution in [0.25, 0.3) is 10.9 Å². The third-order valence-electron chi connectivity index (χ3n) is 3.03. The van der Waals surface area contributed by atoms with Gasteiger partial charge in [-0.25, -0.2) is 0 Å². The molecule has 1 unspecified atom stereocenters. The second-order valence-electron chi connectivity index (χ2n) is 4.78. The fourth-order valence-corrected chi connectivity index (χ4v) is 2.15. The number of aryl methyl sites for hydroxylation is 1. The van der Waals surface area contributed by atoms with Gasteiger partial charge in [-0.3, -0.25) is 0 Å². The van der Waals surface area contributed by atoms with Crippen molar-refractivity contribution in [1.82, 2.24) is 4.57 Å². The highest BCUT2D eigenvalue weighted by molar-refractivity contribution is 5.85. The fourth-order valence-electron chi connectivity index (χ4n) is 2.15. The Morgan fingerprint density at radius 2 is 1.88 bits per heavy atom. The van der Waals surface area contributed by atoms with Crippen LogP contribution in [0.1, 0.15) is 44.0 Å². The van der Waals surface area contributed by atoms with Gasteiger partial charge in [-0.15, -0.1) is 0 Å². The molecule has 0 bridgehead atoms. The van der Waals surface area contributed by atoms with E-state index < -0.39 is 6.10 Å². The predicted octanol–water partition coefficient (Wildman–Crippen LogP) is 3.58. The van der Waals surface area contributed by atoms with Crippen molar-refractivity contribution in [1.29, 1.82) is 0 Å². The van der Waals surface area contributed by atoms with E-state index in [9.17, 15) is 5.11 Å². The lowest BCUT2D eigenvalue weighted by atomic mass is 10.1. The van der Waals surface area contributed by atoms with Crippen LogP contribution in [0.5, 0.6) is 0 Å². The minimum atomic E-state index is -0.412. The molecular weight excluding hydrogens is 198 g/mol. The molecule has 2 rings (SSSR count). The molecule has 2 nitrogen and oxygen atoms in total. The Bertz CT molecular complexity index is 509. The van der Waals surface area contributed by atoms with Crippen LogP contribution in [0.15, 0.2) is 24.4 Å². The molecule has 1 atom stereocenters. The summed E-state index contributed by atoms with van der Waals surface area (Å²) in [5.74, 6) is 0. The van der Waals surface area contributed by atoms with Gasteiger partial charge >= 0.3 is 0 Å². The lowest BCUT2D eigenvalue weighted by molar-refractivity contribution is 0.200. The highest BCUT2D eigenvalue weighted by atomic mass is 16.3. The number of aromatic nitrogens is 1. The lowest BCUT2D eigenvalue weighted by Crippen LogP contribution is -1.98. The van der Waals surface area contributed by atoms with Crippen LogP contribution in [0.3, 0.4) is 0 Å². The zero-order valence-corrected chi connectivity index (χ0v) is 10.4. The van der Waals surface area contributed by atoms with Gasteiger partial charge < -0.3 is 9.67 Å². The quantitative estimate of drug-likeness (QED) is 0.817. The molecule has 1 N–H and O–H groups in total. The normalized spacial score (nSPS) is 13.6.